The van der Waals surface area contributed by atoms with E-state index in [4.69, 9.17) is 15.2 Å². The fourth-order valence-corrected chi connectivity index (χ4v) is 1.42. The molecule has 0 fully saturated rings. The van der Waals surface area contributed by atoms with E-state index in [2.05, 4.69) is 0 Å². The van der Waals surface area contributed by atoms with E-state index in [0.717, 1.165) is 6.42 Å². The van der Waals surface area contributed by atoms with Crippen LogP contribution in [-0.2, 0) is 20.7 Å². The molecular formula is C13H19NO3. The molecule has 0 heterocycles. The largest absolute Gasteiger partial charge is 0.462 e. The number of hydrogen-bond acceptors (Lipinski definition) is 4. The SMILES string of the molecule is COCCOC(=O)C(N)CCc1ccccc1. The summed E-state index contributed by atoms with van der Waals surface area (Å²) in [6, 6.07) is 9.37. The summed E-state index contributed by atoms with van der Waals surface area (Å²) in [5, 5.41) is 0. The smallest absolute Gasteiger partial charge is 0.323 e. The molecule has 4 nitrogen and oxygen atoms in total. The lowest BCUT2D eigenvalue weighted by Crippen LogP contribution is -2.33. The van der Waals surface area contributed by atoms with Gasteiger partial charge in [-0.15, -0.1) is 0 Å². The molecule has 0 saturated carbocycles. The summed E-state index contributed by atoms with van der Waals surface area (Å²) < 4.78 is 9.73. The van der Waals surface area contributed by atoms with Crippen molar-refractivity contribution < 1.29 is 14.3 Å². The first-order chi connectivity index (χ1) is 8.24. The van der Waals surface area contributed by atoms with Gasteiger partial charge in [-0.3, -0.25) is 4.79 Å². The van der Waals surface area contributed by atoms with Crippen molar-refractivity contribution in [1.82, 2.24) is 0 Å². The number of methoxy groups -OCH3 is 1. The van der Waals surface area contributed by atoms with Gasteiger partial charge < -0.3 is 15.2 Å². The maximum Gasteiger partial charge on any atom is 0.323 e. The van der Waals surface area contributed by atoms with Gasteiger partial charge in [0.15, 0.2) is 0 Å². The molecule has 0 aliphatic rings. The van der Waals surface area contributed by atoms with Crippen molar-refractivity contribution in [2.45, 2.75) is 18.9 Å². The van der Waals surface area contributed by atoms with Crippen LogP contribution in [0.3, 0.4) is 0 Å². The lowest BCUT2D eigenvalue weighted by atomic mass is 10.1. The van der Waals surface area contributed by atoms with Crippen LogP contribution >= 0.6 is 0 Å². The van der Waals surface area contributed by atoms with Crippen LogP contribution in [0.25, 0.3) is 0 Å². The highest BCUT2D eigenvalue weighted by Crippen LogP contribution is 2.04. The normalized spacial score (nSPS) is 12.1. The van der Waals surface area contributed by atoms with Crippen LogP contribution in [0.2, 0.25) is 0 Å². The summed E-state index contributed by atoms with van der Waals surface area (Å²) in [5.41, 5.74) is 6.91. The minimum Gasteiger partial charge on any atom is -0.462 e. The fourth-order valence-electron chi connectivity index (χ4n) is 1.42. The number of aryl methyl sites for hydroxylation is 1. The van der Waals surface area contributed by atoms with E-state index in [9.17, 15) is 4.79 Å². The zero-order valence-electron chi connectivity index (χ0n) is 10.1. The lowest BCUT2D eigenvalue weighted by molar-refractivity contribution is -0.146. The number of benzene rings is 1. The Kier molecular flexibility index (Phi) is 6.29. The van der Waals surface area contributed by atoms with E-state index in [0.29, 0.717) is 13.0 Å². The summed E-state index contributed by atoms with van der Waals surface area (Å²) >= 11 is 0. The van der Waals surface area contributed by atoms with E-state index >= 15 is 0 Å². The molecule has 0 radical (unpaired) electrons. The third kappa shape index (κ3) is 5.47. The van der Waals surface area contributed by atoms with E-state index in [1.165, 1.54) is 5.56 Å². The Bertz CT molecular complexity index is 327. The first-order valence-corrected chi connectivity index (χ1v) is 5.69. The van der Waals surface area contributed by atoms with Crippen LogP contribution in [0.15, 0.2) is 30.3 Å². The Balaban J connectivity index is 2.24. The summed E-state index contributed by atoms with van der Waals surface area (Å²) in [5.74, 6) is -0.363. The molecule has 1 rings (SSSR count). The molecule has 0 bridgehead atoms. The second kappa shape index (κ2) is 7.81. The number of rotatable bonds is 7. The molecule has 2 N–H and O–H groups in total. The van der Waals surface area contributed by atoms with Crippen LogP contribution in [0.4, 0.5) is 0 Å². The van der Waals surface area contributed by atoms with Crippen molar-refractivity contribution in [3.8, 4) is 0 Å². The molecule has 0 aromatic heterocycles. The van der Waals surface area contributed by atoms with Gasteiger partial charge in [-0.25, -0.2) is 0 Å². The van der Waals surface area contributed by atoms with Crippen molar-refractivity contribution in [2.75, 3.05) is 20.3 Å². The highest BCUT2D eigenvalue weighted by atomic mass is 16.6. The van der Waals surface area contributed by atoms with Crippen LogP contribution < -0.4 is 5.73 Å². The molecule has 0 saturated heterocycles. The molecular weight excluding hydrogens is 218 g/mol. The maximum atomic E-state index is 11.4. The molecule has 0 aliphatic heterocycles. The number of carbonyl (C=O) groups excluding carboxylic acids is 1. The molecule has 94 valence electrons. The van der Waals surface area contributed by atoms with Crippen LogP contribution in [0, 0.1) is 0 Å². The van der Waals surface area contributed by atoms with Crippen molar-refractivity contribution in [3.05, 3.63) is 35.9 Å². The highest BCUT2D eigenvalue weighted by molar-refractivity contribution is 5.75. The van der Waals surface area contributed by atoms with Crippen LogP contribution in [-0.4, -0.2) is 32.3 Å². The van der Waals surface area contributed by atoms with Crippen LogP contribution in [0.1, 0.15) is 12.0 Å². The second-order valence-electron chi connectivity index (χ2n) is 3.79. The van der Waals surface area contributed by atoms with Gasteiger partial charge in [0, 0.05) is 7.11 Å². The third-order valence-electron chi connectivity index (χ3n) is 2.42. The van der Waals surface area contributed by atoms with Gasteiger partial charge in [-0.2, -0.15) is 0 Å². The van der Waals surface area contributed by atoms with Gasteiger partial charge in [0.1, 0.15) is 12.6 Å². The topological polar surface area (TPSA) is 61.5 Å². The predicted molar refractivity (Wildman–Crippen MR) is 65.6 cm³/mol. The van der Waals surface area contributed by atoms with Gasteiger partial charge in [0.05, 0.1) is 6.61 Å². The van der Waals surface area contributed by atoms with Crippen molar-refractivity contribution in [3.63, 3.8) is 0 Å². The maximum absolute atomic E-state index is 11.4. The Morgan fingerprint density at radius 2 is 2.00 bits per heavy atom. The van der Waals surface area contributed by atoms with Crippen molar-refractivity contribution in [2.24, 2.45) is 5.73 Å². The second-order valence-corrected chi connectivity index (χ2v) is 3.79. The van der Waals surface area contributed by atoms with Gasteiger partial charge in [-0.05, 0) is 18.4 Å². The average Bonchev–Trinajstić information content (AvgIpc) is 2.37. The van der Waals surface area contributed by atoms with Crippen molar-refractivity contribution >= 4 is 5.97 Å². The minimum atomic E-state index is -0.563. The zero-order chi connectivity index (χ0) is 12.5. The molecule has 1 atom stereocenters. The lowest BCUT2D eigenvalue weighted by Gasteiger charge is -2.11. The Morgan fingerprint density at radius 3 is 2.65 bits per heavy atom. The number of nitrogens with two attached hydrogens (primary N) is 1. The molecule has 4 heteroatoms. The molecule has 1 unspecified atom stereocenters. The number of ether oxygens (including phenoxy) is 2. The number of hydrogen-bond donors (Lipinski definition) is 1. The standard InChI is InChI=1S/C13H19NO3/c1-16-9-10-17-13(15)12(14)8-7-11-5-3-2-4-6-11/h2-6,12H,7-10,14H2,1H3. The van der Waals surface area contributed by atoms with Gasteiger partial charge in [0.2, 0.25) is 0 Å². The average molecular weight is 237 g/mol. The monoisotopic (exact) mass is 237 g/mol. The summed E-state index contributed by atoms with van der Waals surface area (Å²) in [4.78, 5) is 11.4. The Morgan fingerprint density at radius 1 is 1.29 bits per heavy atom. The summed E-state index contributed by atoms with van der Waals surface area (Å²) in [6.45, 7) is 0.658. The number of carbonyl (C=O) groups is 1. The third-order valence-corrected chi connectivity index (χ3v) is 2.42. The van der Waals surface area contributed by atoms with Gasteiger partial charge >= 0.3 is 5.97 Å². The van der Waals surface area contributed by atoms with E-state index < -0.39 is 6.04 Å². The van der Waals surface area contributed by atoms with Gasteiger partial charge in [0.25, 0.3) is 0 Å². The minimum absolute atomic E-state index is 0.258. The van der Waals surface area contributed by atoms with Crippen molar-refractivity contribution in [1.29, 1.82) is 0 Å². The molecule has 0 amide bonds. The van der Waals surface area contributed by atoms with Gasteiger partial charge in [-0.1, -0.05) is 30.3 Å². The number of esters is 1. The first-order valence-electron chi connectivity index (χ1n) is 5.69. The van der Waals surface area contributed by atoms with E-state index in [-0.39, 0.29) is 12.6 Å². The Hall–Kier alpha value is -1.39. The molecule has 0 spiro atoms. The summed E-state index contributed by atoms with van der Waals surface area (Å²) in [6.07, 6.45) is 1.37. The fraction of sp³-hybridized carbons (Fsp3) is 0.462. The molecule has 0 aliphatic carbocycles. The molecule has 1 aromatic rings. The first kappa shape index (κ1) is 13.7. The molecule has 17 heavy (non-hydrogen) atoms. The Labute approximate surface area is 102 Å². The highest BCUT2D eigenvalue weighted by Gasteiger charge is 2.14. The van der Waals surface area contributed by atoms with E-state index in [1.807, 2.05) is 30.3 Å². The zero-order valence-corrected chi connectivity index (χ0v) is 10.1. The van der Waals surface area contributed by atoms with Crippen LogP contribution in [0.5, 0.6) is 0 Å². The molecule has 1 aromatic carbocycles. The summed E-state index contributed by atoms with van der Waals surface area (Å²) in [7, 11) is 1.56. The van der Waals surface area contributed by atoms with E-state index in [1.54, 1.807) is 7.11 Å². The predicted octanol–water partition coefficient (Wildman–Crippen LogP) is 1.14. The quantitative estimate of drug-likeness (QED) is 0.570.